The van der Waals surface area contributed by atoms with Gasteiger partial charge in [0.2, 0.25) is 0 Å². The fourth-order valence-electron chi connectivity index (χ4n) is 3.55. The number of amides is 1. The minimum absolute atomic E-state index is 0.00814. The molecule has 6 nitrogen and oxygen atoms in total. The number of nitrogens with zero attached hydrogens (tertiary/aromatic N) is 1. The third-order valence-corrected chi connectivity index (χ3v) is 4.63. The molecule has 0 aliphatic heterocycles. The lowest BCUT2D eigenvalue weighted by molar-refractivity contribution is -0.141. The Morgan fingerprint density at radius 2 is 2.00 bits per heavy atom. The van der Waals surface area contributed by atoms with Gasteiger partial charge in [-0.2, -0.15) is 0 Å². The second kappa shape index (κ2) is 5.68. The Labute approximate surface area is 129 Å². The predicted molar refractivity (Wildman–Crippen MR) is 80.9 cm³/mol. The van der Waals surface area contributed by atoms with E-state index in [0.29, 0.717) is 5.69 Å². The van der Waals surface area contributed by atoms with Crippen LogP contribution >= 0.6 is 0 Å². The number of carbonyl (C=O) groups is 2. The van der Waals surface area contributed by atoms with Gasteiger partial charge in [0.25, 0.3) is 5.91 Å². The molecule has 1 saturated carbocycles. The third-order valence-electron chi connectivity index (χ3n) is 4.63. The summed E-state index contributed by atoms with van der Waals surface area (Å²) in [6.07, 6.45) is 0.0990. The molecule has 0 saturated heterocycles. The number of nitrogens with one attached hydrogen (secondary N) is 1. The summed E-state index contributed by atoms with van der Waals surface area (Å²) in [6, 6.07) is 2.84. The average molecular weight is 306 g/mol. The van der Waals surface area contributed by atoms with Crippen LogP contribution in [0.2, 0.25) is 0 Å². The number of methoxy groups -OCH3 is 1. The van der Waals surface area contributed by atoms with E-state index in [1.807, 2.05) is 6.92 Å². The molecule has 1 amide bonds. The van der Waals surface area contributed by atoms with Crippen molar-refractivity contribution in [3.63, 3.8) is 0 Å². The van der Waals surface area contributed by atoms with Crippen molar-refractivity contribution in [3.8, 4) is 0 Å². The summed E-state index contributed by atoms with van der Waals surface area (Å²) in [4.78, 5) is 27.4. The zero-order valence-electron chi connectivity index (χ0n) is 13.5. The summed E-state index contributed by atoms with van der Waals surface area (Å²) in [6.45, 7) is 7.73. The van der Waals surface area contributed by atoms with Crippen molar-refractivity contribution < 1.29 is 19.4 Å². The SMILES string of the molecule is COC1C(C)C(NC(=O)c2ccc(C(=O)O)c(C)n2)C1(C)C. The maximum atomic E-state index is 12.3. The lowest BCUT2D eigenvalue weighted by atomic mass is 9.58. The number of carboxylic acids is 1. The summed E-state index contributed by atoms with van der Waals surface area (Å²) < 4.78 is 5.46. The van der Waals surface area contributed by atoms with E-state index in [2.05, 4.69) is 24.1 Å². The van der Waals surface area contributed by atoms with E-state index in [-0.39, 0.29) is 40.6 Å². The molecule has 1 heterocycles. The van der Waals surface area contributed by atoms with Gasteiger partial charge in [-0.3, -0.25) is 4.79 Å². The van der Waals surface area contributed by atoms with E-state index in [4.69, 9.17) is 9.84 Å². The lowest BCUT2D eigenvalue weighted by Crippen LogP contribution is -2.67. The number of ether oxygens (including phenoxy) is 1. The van der Waals surface area contributed by atoms with Crippen LogP contribution in [0.4, 0.5) is 0 Å². The quantitative estimate of drug-likeness (QED) is 0.886. The first-order chi connectivity index (χ1) is 10.2. The Balaban J connectivity index is 2.14. The van der Waals surface area contributed by atoms with E-state index >= 15 is 0 Å². The molecule has 1 aromatic heterocycles. The molecule has 2 N–H and O–H groups in total. The molecule has 1 fully saturated rings. The molecule has 0 spiro atoms. The second-order valence-electron chi connectivity index (χ2n) is 6.42. The molecule has 0 radical (unpaired) electrons. The minimum atomic E-state index is -1.05. The molecular formula is C16H22N2O4. The molecule has 120 valence electrons. The first-order valence-corrected chi connectivity index (χ1v) is 7.24. The summed E-state index contributed by atoms with van der Waals surface area (Å²) in [5, 5.41) is 12.0. The predicted octanol–water partition coefficient (Wildman–Crippen LogP) is 1.88. The van der Waals surface area contributed by atoms with Gasteiger partial charge in [0, 0.05) is 24.5 Å². The van der Waals surface area contributed by atoms with Crippen LogP contribution in [0.25, 0.3) is 0 Å². The molecule has 0 aromatic carbocycles. The van der Waals surface area contributed by atoms with Gasteiger partial charge in [-0.25, -0.2) is 9.78 Å². The van der Waals surface area contributed by atoms with Crippen LogP contribution in [0.1, 0.15) is 47.3 Å². The largest absolute Gasteiger partial charge is 0.478 e. The van der Waals surface area contributed by atoms with Gasteiger partial charge < -0.3 is 15.2 Å². The molecular weight excluding hydrogens is 284 g/mol. The van der Waals surface area contributed by atoms with Gasteiger partial charge in [0.05, 0.1) is 17.4 Å². The second-order valence-corrected chi connectivity index (χ2v) is 6.42. The first-order valence-electron chi connectivity index (χ1n) is 7.24. The highest BCUT2D eigenvalue weighted by molar-refractivity contribution is 5.94. The summed E-state index contributed by atoms with van der Waals surface area (Å²) >= 11 is 0. The number of carbonyl (C=O) groups excluding carboxylic acids is 1. The molecule has 3 unspecified atom stereocenters. The summed E-state index contributed by atoms with van der Waals surface area (Å²) in [7, 11) is 1.68. The maximum absolute atomic E-state index is 12.3. The molecule has 2 rings (SSSR count). The van der Waals surface area contributed by atoms with Crippen molar-refractivity contribution in [2.24, 2.45) is 11.3 Å². The number of aromatic carboxylic acids is 1. The van der Waals surface area contributed by atoms with E-state index in [1.54, 1.807) is 14.0 Å². The fraction of sp³-hybridized carbons (Fsp3) is 0.562. The monoisotopic (exact) mass is 306 g/mol. The molecule has 6 heteroatoms. The van der Waals surface area contributed by atoms with Crippen LogP contribution in [0.15, 0.2) is 12.1 Å². The van der Waals surface area contributed by atoms with Gasteiger partial charge in [-0.15, -0.1) is 0 Å². The average Bonchev–Trinajstić information content (AvgIpc) is 2.44. The Morgan fingerprint density at radius 1 is 1.36 bits per heavy atom. The number of carboxylic acid groups (broad SMARTS) is 1. The molecule has 22 heavy (non-hydrogen) atoms. The van der Waals surface area contributed by atoms with Gasteiger partial charge in [-0.1, -0.05) is 20.8 Å². The number of aryl methyl sites for hydroxylation is 1. The normalized spacial score (nSPS) is 26.1. The number of pyridine rings is 1. The standard InChI is InChI=1S/C16H22N2O4/c1-8-12(16(3,4)13(8)22-5)18-14(19)11-7-6-10(15(20)21)9(2)17-11/h6-8,12-13H,1-5H3,(H,18,19)(H,20,21). The highest BCUT2D eigenvalue weighted by Gasteiger charge is 2.55. The van der Waals surface area contributed by atoms with Gasteiger partial charge in [0.1, 0.15) is 5.69 Å². The molecule has 1 aliphatic rings. The van der Waals surface area contributed by atoms with Crippen molar-refractivity contribution >= 4 is 11.9 Å². The van der Waals surface area contributed by atoms with E-state index in [0.717, 1.165) is 0 Å². The Hall–Kier alpha value is -1.95. The van der Waals surface area contributed by atoms with Crippen LogP contribution in [0, 0.1) is 18.3 Å². The van der Waals surface area contributed by atoms with Crippen molar-refractivity contribution in [2.45, 2.75) is 39.8 Å². The summed E-state index contributed by atoms with van der Waals surface area (Å²) in [5.74, 6) is -1.13. The Morgan fingerprint density at radius 3 is 2.45 bits per heavy atom. The Kier molecular flexibility index (Phi) is 4.24. The van der Waals surface area contributed by atoms with Crippen LogP contribution in [0.3, 0.4) is 0 Å². The smallest absolute Gasteiger partial charge is 0.337 e. The van der Waals surface area contributed by atoms with Crippen LogP contribution in [-0.2, 0) is 4.74 Å². The molecule has 1 aliphatic carbocycles. The van der Waals surface area contributed by atoms with Crippen molar-refractivity contribution in [3.05, 3.63) is 29.1 Å². The number of hydrogen-bond donors (Lipinski definition) is 2. The number of aromatic nitrogens is 1. The maximum Gasteiger partial charge on any atom is 0.337 e. The van der Waals surface area contributed by atoms with E-state index in [9.17, 15) is 9.59 Å². The zero-order valence-corrected chi connectivity index (χ0v) is 13.5. The topological polar surface area (TPSA) is 88.5 Å². The summed E-state index contributed by atoms with van der Waals surface area (Å²) in [5.41, 5.74) is 0.510. The fourth-order valence-corrected chi connectivity index (χ4v) is 3.55. The lowest BCUT2D eigenvalue weighted by Gasteiger charge is -2.56. The van der Waals surface area contributed by atoms with Gasteiger partial charge >= 0.3 is 5.97 Å². The highest BCUT2D eigenvalue weighted by Crippen LogP contribution is 2.46. The molecule has 3 atom stereocenters. The number of hydrogen-bond acceptors (Lipinski definition) is 4. The van der Waals surface area contributed by atoms with E-state index < -0.39 is 5.97 Å². The van der Waals surface area contributed by atoms with Gasteiger partial charge in [0.15, 0.2) is 0 Å². The molecule has 1 aromatic rings. The van der Waals surface area contributed by atoms with Crippen molar-refractivity contribution in [2.75, 3.05) is 7.11 Å². The highest BCUT2D eigenvalue weighted by atomic mass is 16.5. The van der Waals surface area contributed by atoms with Crippen LogP contribution in [0.5, 0.6) is 0 Å². The molecule has 0 bridgehead atoms. The van der Waals surface area contributed by atoms with Crippen molar-refractivity contribution in [1.82, 2.24) is 10.3 Å². The number of rotatable bonds is 4. The van der Waals surface area contributed by atoms with Gasteiger partial charge in [-0.05, 0) is 19.1 Å². The van der Waals surface area contributed by atoms with E-state index in [1.165, 1.54) is 12.1 Å². The minimum Gasteiger partial charge on any atom is -0.478 e. The van der Waals surface area contributed by atoms with Crippen LogP contribution < -0.4 is 5.32 Å². The van der Waals surface area contributed by atoms with Crippen LogP contribution in [-0.4, -0.2) is 41.2 Å². The van der Waals surface area contributed by atoms with Crippen molar-refractivity contribution in [1.29, 1.82) is 0 Å². The zero-order chi connectivity index (χ0) is 16.7. The Bertz CT molecular complexity index is 612. The third kappa shape index (κ3) is 2.59. The first kappa shape index (κ1) is 16.4.